The molecule has 0 aromatic heterocycles. The number of methoxy groups -OCH3 is 1. The maximum absolute atomic E-state index is 14.5. The number of rotatable bonds is 20. The zero-order valence-corrected chi connectivity index (χ0v) is 56.9. The molecule has 0 bridgehead atoms. The number of hydrogen-bond donors (Lipinski definition) is 8. The Hall–Kier alpha value is -10.2. The number of nitrogens with one attached hydrogen (secondary N) is 8. The predicted molar refractivity (Wildman–Crippen MR) is 359 cm³/mol. The summed E-state index contributed by atoms with van der Waals surface area (Å²) in [5.74, 6) is -7.58. The van der Waals surface area contributed by atoms with Gasteiger partial charge in [0, 0.05) is 26.2 Å². The number of carbonyl (C=O) groups excluding carboxylic acids is 13. The lowest BCUT2D eigenvalue weighted by Gasteiger charge is -2.34. The number of hydrogen-bond acceptors (Lipinski definition) is 15. The summed E-state index contributed by atoms with van der Waals surface area (Å²) in [6.45, 7) is 17.9. The second kappa shape index (κ2) is 29.4. The summed E-state index contributed by atoms with van der Waals surface area (Å²) in [6.07, 6.45) is 2.43. The molecule has 0 radical (unpaired) electrons. The molecule has 0 aliphatic carbocycles. The summed E-state index contributed by atoms with van der Waals surface area (Å²) in [6, 6.07) is 20.8. The van der Waals surface area contributed by atoms with Crippen molar-refractivity contribution in [2.24, 2.45) is 0 Å². The molecule has 8 N–H and O–H groups in total. The highest BCUT2D eigenvalue weighted by Gasteiger charge is 2.46. The zero-order chi connectivity index (χ0) is 71.1. The second-order valence-electron chi connectivity index (χ2n) is 27.7. The van der Waals surface area contributed by atoms with Gasteiger partial charge in [0.1, 0.15) is 51.9 Å². The maximum atomic E-state index is 14.5. The van der Waals surface area contributed by atoms with Crippen LogP contribution in [0.3, 0.4) is 0 Å². The summed E-state index contributed by atoms with van der Waals surface area (Å²) >= 11 is 0. The molecule has 4 aliphatic rings. The summed E-state index contributed by atoms with van der Waals surface area (Å²) in [5, 5.41) is 22.1. The molecule has 27 nitrogen and oxygen atoms in total. The maximum Gasteiger partial charge on any atom is 0.410 e. The van der Waals surface area contributed by atoms with Crippen LogP contribution in [0.1, 0.15) is 169 Å². The van der Waals surface area contributed by atoms with Crippen molar-refractivity contribution in [3.05, 3.63) is 119 Å². The predicted octanol–water partition coefficient (Wildman–Crippen LogP) is 6.12. The molecule has 4 aliphatic heterocycles. The number of para-hydroxylation sites is 4. The van der Waals surface area contributed by atoms with Crippen LogP contribution in [0.4, 0.5) is 27.5 Å². The largest absolute Gasteiger partial charge is 0.467 e. The van der Waals surface area contributed by atoms with E-state index < -0.39 is 129 Å². The SMILES string of the molecule is COC(=O)C(C)(C)NC(=O)c1ccccc1NC(=O)[C@@H]1CCCN1C(=O)C(C)(C)NC(=O)c1ccccc1NC(=O)[C@@H]1CCCN1C(=O)C(C)(C)NC(=O)c1ccccc1NC(=O)[C@@H]1CCCN1C(=O)C(C)(C)NC(=O)c1ccccc1NC(=O)[C@@H]1CCCN1C(=O)OC(C)(C)C. The quantitative estimate of drug-likeness (QED) is 0.0462. The van der Waals surface area contributed by atoms with Gasteiger partial charge in [0.05, 0.1) is 52.1 Å². The lowest BCUT2D eigenvalue weighted by Crippen LogP contribution is -2.58. The molecule has 27 heteroatoms. The highest BCUT2D eigenvalue weighted by atomic mass is 16.6. The molecular formula is C70H88N12O15. The van der Waals surface area contributed by atoms with E-state index in [0.717, 1.165) is 0 Å². The van der Waals surface area contributed by atoms with E-state index in [9.17, 15) is 62.3 Å². The Bertz CT molecular complexity index is 3780. The van der Waals surface area contributed by atoms with Gasteiger partial charge < -0.3 is 66.7 Å². The molecule has 0 saturated carbocycles. The highest BCUT2D eigenvalue weighted by Crippen LogP contribution is 2.31. The number of ether oxygens (including phenoxy) is 2. The van der Waals surface area contributed by atoms with Crippen molar-refractivity contribution in [1.29, 1.82) is 0 Å². The smallest absolute Gasteiger partial charge is 0.410 e. The van der Waals surface area contributed by atoms with E-state index in [1.807, 2.05) is 0 Å². The van der Waals surface area contributed by atoms with Gasteiger partial charge in [-0.1, -0.05) is 48.5 Å². The Morgan fingerprint density at radius 3 is 0.845 bits per heavy atom. The number of carbonyl (C=O) groups is 13. The van der Waals surface area contributed by atoms with Crippen molar-refractivity contribution >= 4 is 99.8 Å². The first-order valence-corrected chi connectivity index (χ1v) is 32.5. The van der Waals surface area contributed by atoms with E-state index in [1.165, 1.54) is 131 Å². The Labute approximate surface area is 563 Å². The third-order valence-electron chi connectivity index (χ3n) is 17.4. The fourth-order valence-electron chi connectivity index (χ4n) is 12.4. The van der Waals surface area contributed by atoms with Gasteiger partial charge in [-0.3, -0.25) is 57.6 Å². The molecule has 4 heterocycles. The molecule has 12 amide bonds. The van der Waals surface area contributed by atoms with Gasteiger partial charge in [0.15, 0.2) is 0 Å². The van der Waals surface area contributed by atoms with Crippen LogP contribution in [0.5, 0.6) is 0 Å². The van der Waals surface area contributed by atoms with Crippen LogP contribution >= 0.6 is 0 Å². The Kier molecular flexibility index (Phi) is 22.0. The summed E-state index contributed by atoms with van der Waals surface area (Å²) < 4.78 is 10.3. The summed E-state index contributed by atoms with van der Waals surface area (Å²) in [4.78, 5) is 186. The fraction of sp³-hybridized carbons (Fsp3) is 0.471. The minimum absolute atomic E-state index is 0.00886. The van der Waals surface area contributed by atoms with Crippen LogP contribution in [0, 0.1) is 0 Å². The lowest BCUT2D eigenvalue weighted by molar-refractivity contribution is -0.146. The summed E-state index contributed by atoms with van der Waals surface area (Å²) in [5.41, 5.74) is -6.44. The van der Waals surface area contributed by atoms with Gasteiger partial charge in [-0.25, -0.2) is 9.59 Å². The number of benzene rings is 4. The molecule has 518 valence electrons. The second-order valence-corrected chi connectivity index (χ2v) is 27.7. The minimum Gasteiger partial charge on any atom is -0.467 e. The Balaban J connectivity index is 0.862. The number of likely N-dealkylation sites (tertiary alicyclic amines) is 4. The van der Waals surface area contributed by atoms with Crippen molar-refractivity contribution in [3.63, 3.8) is 0 Å². The van der Waals surface area contributed by atoms with Gasteiger partial charge in [0.2, 0.25) is 41.4 Å². The van der Waals surface area contributed by atoms with E-state index in [0.29, 0.717) is 38.6 Å². The Morgan fingerprint density at radius 2 is 0.588 bits per heavy atom. The van der Waals surface area contributed by atoms with Gasteiger partial charge in [-0.15, -0.1) is 0 Å². The van der Waals surface area contributed by atoms with E-state index in [2.05, 4.69) is 42.5 Å². The molecule has 4 atom stereocenters. The first kappa shape index (κ1) is 72.6. The van der Waals surface area contributed by atoms with Crippen LogP contribution in [0.25, 0.3) is 0 Å². The van der Waals surface area contributed by atoms with E-state index >= 15 is 0 Å². The molecule has 0 unspecified atom stereocenters. The van der Waals surface area contributed by atoms with Gasteiger partial charge in [-0.2, -0.15) is 0 Å². The van der Waals surface area contributed by atoms with Gasteiger partial charge >= 0.3 is 12.1 Å². The van der Waals surface area contributed by atoms with Crippen LogP contribution in [0.15, 0.2) is 97.1 Å². The first-order valence-electron chi connectivity index (χ1n) is 32.5. The average molecular weight is 1340 g/mol. The van der Waals surface area contributed by atoms with Crippen molar-refractivity contribution in [2.75, 3.05) is 54.6 Å². The van der Waals surface area contributed by atoms with Crippen molar-refractivity contribution in [2.45, 2.75) is 179 Å². The Morgan fingerprint density at radius 1 is 0.351 bits per heavy atom. The van der Waals surface area contributed by atoms with Crippen LogP contribution in [0.2, 0.25) is 0 Å². The molecule has 0 spiro atoms. The normalized spacial score (nSPS) is 18.1. The minimum atomic E-state index is -1.64. The number of esters is 1. The third kappa shape index (κ3) is 16.9. The van der Waals surface area contributed by atoms with Gasteiger partial charge in [0.25, 0.3) is 23.6 Å². The number of anilines is 4. The fourth-order valence-corrected chi connectivity index (χ4v) is 12.4. The molecule has 4 saturated heterocycles. The van der Waals surface area contributed by atoms with E-state index in [1.54, 1.807) is 69.3 Å². The average Bonchev–Trinajstić information content (AvgIpc) is 1.79. The van der Waals surface area contributed by atoms with E-state index in [-0.39, 0.29) is 83.9 Å². The van der Waals surface area contributed by atoms with E-state index in [4.69, 9.17) is 9.47 Å². The molecule has 4 aromatic carbocycles. The van der Waals surface area contributed by atoms with Crippen LogP contribution in [-0.2, 0) is 47.8 Å². The van der Waals surface area contributed by atoms with Crippen molar-refractivity contribution in [1.82, 2.24) is 40.9 Å². The topological polar surface area (TPSA) is 350 Å². The molecule has 4 aromatic rings. The molecular weight excluding hydrogens is 1250 g/mol. The van der Waals surface area contributed by atoms with Crippen molar-refractivity contribution in [3.8, 4) is 0 Å². The lowest BCUT2D eigenvalue weighted by atomic mass is 10.0. The molecule has 97 heavy (non-hydrogen) atoms. The van der Waals surface area contributed by atoms with Gasteiger partial charge in [-0.05, 0) is 176 Å². The first-order chi connectivity index (χ1) is 45.5. The highest BCUT2D eigenvalue weighted by molar-refractivity contribution is 6.12. The molecule has 8 rings (SSSR count). The van der Waals surface area contributed by atoms with Crippen LogP contribution in [-0.4, -0.2) is 182 Å². The number of nitrogens with zero attached hydrogens (tertiary/aromatic N) is 4. The van der Waals surface area contributed by atoms with Crippen LogP contribution < -0.4 is 42.5 Å². The zero-order valence-electron chi connectivity index (χ0n) is 56.9. The molecule has 4 fully saturated rings. The summed E-state index contributed by atoms with van der Waals surface area (Å²) in [7, 11) is 1.20. The standard InChI is InChI=1S/C70H88N12O15/c1-66(2,3)97-65(95)82-40-24-36-52(82)60(90)74-47-31-19-15-27-43(47)55(85)77-69(8,9)63(93)80-38-22-34-50(80)58(88)72-45-29-17-13-25-41(45)53(83)75-67(4,5)61(91)79-37-21-33-49(79)57(87)71-46-30-18-14-26-42(46)54(84)76-68(6,7)62(92)81-39-23-35-51(81)59(89)73-48-32-20-16-28-44(48)56(86)78-70(10,11)64(94)96-12/h13-20,25-32,49-52H,21-24,33-40H2,1-12H3,(H,71,87)(H,72,88)(H,73,89)(H,74,90)(H,75,83)(H,76,84)(H,77,85)(H,78,86)/t49-,50-,51-,52-/m0/s1. The monoisotopic (exact) mass is 1340 g/mol. The number of amides is 12. The van der Waals surface area contributed by atoms with Crippen molar-refractivity contribution < 1.29 is 71.8 Å². The third-order valence-corrected chi connectivity index (χ3v) is 17.4.